The molecule has 48 heavy (non-hydrogen) atoms. The van der Waals surface area contributed by atoms with Crippen molar-refractivity contribution in [1.29, 1.82) is 0 Å². The number of hydrogen-bond donors (Lipinski definition) is 3. The molecule has 1 unspecified atom stereocenters. The van der Waals surface area contributed by atoms with Crippen LogP contribution in [0.3, 0.4) is 0 Å². The van der Waals surface area contributed by atoms with Crippen molar-refractivity contribution in [3.63, 3.8) is 0 Å². The van der Waals surface area contributed by atoms with Crippen LogP contribution in [0.1, 0.15) is 168 Å². The van der Waals surface area contributed by atoms with Crippen LogP contribution in [0.15, 0.2) is 12.2 Å². The number of phosphoric ester groups is 1. The minimum atomic E-state index is -4.70. The van der Waals surface area contributed by atoms with Crippen molar-refractivity contribution >= 4 is 25.7 Å². The Morgan fingerprint density at radius 3 is 1.58 bits per heavy atom. The number of rotatable bonds is 35. The van der Waals surface area contributed by atoms with E-state index in [9.17, 15) is 23.8 Å². The molecule has 0 heterocycles. The van der Waals surface area contributed by atoms with Crippen molar-refractivity contribution in [3.8, 4) is 0 Å². The Morgan fingerprint density at radius 1 is 0.625 bits per heavy atom. The fourth-order valence-corrected chi connectivity index (χ4v) is 5.76. The van der Waals surface area contributed by atoms with Gasteiger partial charge in [-0.3, -0.25) is 23.4 Å². The Balaban J connectivity index is 4.44. The molecule has 0 aliphatic carbocycles. The molecule has 0 aliphatic rings. The van der Waals surface area contributed by atoms with Gasteiger partial charge < -0.3 is 25.2 Å². The zero-order valence-electron chi connectivity index (χ0n) is 30.1. The highest BCUT2D eigenvalue weighted by molar-refractivity contribution is 7.47. The number of carboxylic acids is 1. The summed E-state index contributed by atoms with van der Waals surface area (Å²) in [4.78, 5) is 45.6. The van der Waals surface area contributed by atoms with E-state index in [1.807, 2.05) is 0 Å². The molecular weight excluding hydrogens is 637 g/mol. The van der Waals surface area contributed by atoms with Crippen molar-refractivity contribution in [2.45, 2.75) is 180 Å². The van der Waals surface area contributed by atoms with Gasteiger partial charge in [-0.2, -0.15) is 0 Å². The molecule has 11 nitrogen and oxygen atoms in total. The number of carboxylic acid groups (broad SMARTS) is 1. The molecule has 0 aliphatic heterocycles. The normalized spacial score (nSPS) is 14.1. The first-order chi connectivity index (χ1) is 23.1. The topological polar surface area (TPSA) is 172 Å². The van der Waals surface area contributed by atoms with Crippen LogP contribution in [0.5, 0.6) is 0 Å². The number of carbonyl (C=O) groups is 3. The SMILES string of the molecule is CCCC/C=C/CCCCCCCC(=O)O[C@H](COC(=O)CCCCCCCCCCCCCCC)COP(=O)(O)OC[C@H](N)C(=O)O. The molecule has 282 valence electrons. The molecule has 0 bridgehead atoms. The highest BCUT2D eigenvalue weighted by Gasteiger charge is 2.28. The van der Waals surface area contributed by atoms with Crippen LogP contribution in [-0.4, -0.2) is 59.9 Å². The number of unbranched alkanes of at least 4 members (excludes halogenated alkanes) is 19. The van der Waals surface area contributed by atoms with Gasteiger partial charge in [0.25, 0.3) is 0 Å². The summed E-state index contributed by atoms with van der Waals surface area (Å²) in [6, 6.07) is -1.52. The molecule has 3 atom stereocenters. The van der Waals surface area contributed by atoms with Crippen LogP contribution in [0.25, 0.3) is 0 Å². The van der Waals surface area contributed by atoms with Gasteiger partial charge in [-0.15, -0.1) is 0 Å². The van der Waals surface area contributed by atoms with E-state index >= 15 is 0 Å². The maximum Gasteiger partial charge on any atom is 0.472 e. The van der Waals surface area contributed by atoms with E-state index < -0.39 is 51.1 Å². The van der Waals surface area contributed by atoms with Crippen LogP contribution in [0.2, 0.25) is 0 Å². The van der Waals surface area contributed by atoms with Crippen molar-refractivity contribution in [2.75, 3.05) is 19.8 Å². The number of allylic oxidation sites excluding steroid dienone is 2. The van der Waals surface area contributed by atoms with Gasteiger partial charge in [0.15, 0.2) is 6.10 Å². The zero-order valence-corrected chi connectivity index (χ0v) is 31.0. The largest absolute Gasteiger partial charge is 0.480 e. The smallest absolute Gasteiger partial charge is 0.472 e. The Hall–Kier alpha value is -1.78. The second-order valence-corrected chi connectivity index (χ2v) is 14.2. The van der Waals surface area contributed by atoms with E-state index in [1.165, 1.54) is 70.6 Å². The zero-order chi connectivity index (χ0) is 35.7. The van der Waals surface area contributed by atoms with Crippen molar-refractivity contribution in [1.82, 2.24) is 0 Å². The first kappa shape index (κ1) is 46.2. The van der Waals surface area contributed by atoms with Gasteiger partial charge in [-0.05, 0) is 32.1 Å². The minimum absolute atomic E-state index is 0.154. The average Bonchev–Trinajstić information content (AvgIpc) is 3.05. The van der Waals surface area contributed by atoms with E-state index in [4.69, 9.17) is 24.8 Å². The van der Waals surface area contributed by atoms with Crippen LogP contribution in [0.4, 0.5) is 0 Å². The number of nitrogens with two attached hydrogens (primary N) is 1. The van der Waals surface area contributed by atoms with E-state index in [0.717, 1.165) is 57.8 Å². The number of phosphoric acid groups is 1. The molecule has 0 rings (SSSR count). The standard InChI is InChI=1S/C36H68NO10P/c1-3-5-7-9-11-13-15-16-18-19-21-23-25-27-34(38)44-29-32(30-45-48(42,43)46-31-33(37)36(40)41)47-35(39)28-26-24-22-20-17-14-12-10-8-6-4-2/h10,12,32-33H,3-9,11,13-31,37H2,1-2H3,(H,40,41)(H,42,43)/b12-10+/t32-,33+/m1/s1. The molecular formula is C36H68NO10P. The number of esters is 2. The van der Waals surface area contributed by atoms with E-state index in [0.29, 0.717) is 12.8 Å². The third kappa shape index (κ3) is 31.5. The Kier molecular flexibility index (Phi) is 31.2. The third-order valence-electron chi connectivity index (χ3n) is 8.01. The Bertz CT molecular complexity index is 885. The first-order valence-corrected chi connectivity index (χ1v) is 20.2. The van der Waals surface area contributed by atoms with Crippen LogP contribution in [-0.2, 0) is 37.5 Å². The van der Waals surface area contributed by atoms with Gasteiger partial charge in [-0.25, -0.2) is 4.57 Å². The Labute approximate surface area is 290 Å². The van der Waals surface area contributed by atoms with Crippen molar-refractivity contribution < 1.29 is 47.5 Å². The lowest BCUT2D eigenvalue weighted by molar-refractivity contribution is -0.161. The highest BCUT2D eigenvalue weighted by Crippen LogP contribution is 2.43. The molecule has 0 saturated carbocycles. The number of hydrogen-bond acceptors (Lipinski definition) is 9. The second kappa shape index (κ2) is 32.4. The lowest BCUT2D eigenvalue weighted by Gasteiger charge is -2.20. The van der Waals surface area contributed by atoms with Gasteiger partial charge in [0.05, 0.1) is 13.2 Å². The summed E-state index contributed by atoms with van der Waals surface area (Å²) < 4.78 is 32.5. The fourth-order valence-electron chi connectivity index (χ4n) is 4.99. The Morgan fingerprint density at radius 2 is 1.06 bits per heavy atom. The lowest BCUT2D eigenvalue weighted by atomic mass is 10.0. The molecule has 0 amide bonds. The molecule has 4 N–H and O–H groups in total. The lowest BCUT2D eigenvalue weighted by Crippen LogP contribution is -2.34. The summed E-state index contributed by atoms with van der Waals surface area (Å²) in [5.41, 5.74) is 5.31. The first-order valence-electron chi connectivity index (χ1n) is 18.7. The summed E-state index contributed by atoms with van der Waals surface area (Å²) >= 11 is 0. The van der Waals surface area contributed by atoms with Crippen molar-refractivity contribution in [2.24, 2.45) is 5.73 Å². The molecule has 0 saturated heterocycles. The summed E-state index contributed by atoms with van der Waals surface area (Å²) in [6.07, 6.45) is 28.6. The van der Waals surface area contributed by atoms with Gasteiger partial charge in [0.2, 0.25) is 0 Å². The maximum atomic E-state index is 12.5. The van der Waals surface area contributed by atoms with E-state index in [1.54, 1.807) is 0 Å². The van der Waals surface area contributed by atoms with Gasteiger partial charge in [-0.1, -0.05) is 135 Å². The highest BCUT2D eigenvalue weighted by atomic mass is 31.2. The van der Waals surface area contributed by atoms with Crippen LogP contribution in [0, 0.1) is 0 Å². The monoisotopic (exact) mass is 705 g/mol. The van der Waals surface area contributed by atoms with Crippen molar-refractivity contribution in [3.05, 3.63) is 12.2 Å². The summed E-state index contributed by atoms with van der Waals surface area (Å²) in [7, 11) is -4.70. The fraction of sp³-hybridized carbons (Fsp3) is 0.861. The molecule has 0 aromatic carbocycles. The number of aliphatic carboxylic acids is 1. The van der Waals surface area contributed by atoms with Gasteiger partial charge in [0.1, 0.15) is 12.6 Å². The van der Waals surface area contributed by atoms with Crippen LogP contribution < -0.4 is 5.73 Å². The summed E-state index contributed by atoms with van der Waals surface area (Å²) in [6.45, 7) is 2.73. The average molecular weight is 706 g/mol. The summed E-state index contributed by atoms with van der Waals surface area (Å²) in [5, 5.41) is 8.84. The van der Waals surface area contributed by atoms with Crippen LogP contribution >= 0.6 is 7.82 Å². The second-order valence-electron chi connectivity index (χ2n) is 12.7. The minimum Gasteiger partial charge on any atom is -0.480 e. The summed E-state index contributed by atoms with van der Waals surface area (Å²) in [5.74, 6) is -2.39. The van der Waals surface area contributed by atoms with E-state index in [2.05, 4.69) is 30.5 Å². The quantitative estimate of drug-likeness (QED) is 0.0249. The molecule has 0 aromatic heterocycles. The number of ether oxygens (including phenoxy) is 2. The van der Waals surface area contributed by atoms with E-state index in [-0.39, 0.29) is 19.4 Å². The van der Waals surface area contributed by atoms with Gasteiger partial charge in [0, 0.05) is 12.8 Å². The molecule has 12 heteroatoms. The predicted octanol–water partition coefficient (Wildman–Crippen LogP) is 8.95. The molecule has 0 fully saturated rings. The maximum absolute atomic E-state index is 12.5. The predicted molar refractivity (Wildman–Crippen MR) is 189 cm³/mol. The molecule has 0 spiro atoms. The third-order valence-corrected chi connectivity index (χ3v) is 8.96. The van der Waals surface area contributed by atoms with Gasteiger partial charge >= 0.3 is 25.7 Å². The molecule has 0 aromatic rings. The molecule has 0 radical (unpaired) electrons. The number of carbonyl (C=O) groups excluding carboxylic acids is 2.